The number of carbonyl (C=O) groups is 1. The molecule has 6 heteroatoms. The van der Waals surface area contributed by atoms with Crippen LogP contribution in [0.25, 0.3) is 22.2 Å². The van der Waals surface area contributed by atoms with Crippen LogP contribution < -0.4 is 10.1 Å². The molecule has 4 rings (SSSR count). The minimum Gasteiger partial charge on any atom is -0.497 e. The monoisotopic (exact) mass is 332 g/mol. The Morgan fingerprint density at radius 2 is 2.04 bits per heavy atom. The second-order valence-electron chi connectivity index (χ2n) is 5.63. The van der Waals surface area contributed by atoms with E-state index in [2.05, 4.69) is 20.5 Å². The summed E-state index contributed by atoms with van der Waals surface area (Å²) in [5.41, 5.74) is 3.72. The number of aromatic amines is 2. The van der Waals surface area contributed by atoms with E-state index in [-0.39, 0.29) is 5.91 Å². The molecule has 0 bridgehead atoms. The second kappa shape index (κ2) is 6.16. The zero-order valence-electron chi connectivity index (χ0n) is 13.5. The number of methoxy groups -OCH3 is 1. The van der Waals surface area contributed by atoms with Gasteiger partial charge in [-0.05, 0) is 42.5 Å². The summed E-state index contributed by atoms with van der Waals surface area (Å²) in [5, 5.41) is 10.9. The van der Waals surface area contributed by atoms with Gasteiger partial charge in [0.1, 0.15) is 11.4 Å². The van der Waals surface area contributed by atoms with Gasteiger partial charge in [-0.2, -0.15) is 5.10 Å². The lowest BCUT2D eigenvalue weighted by Gasteiger charge is -2.03. The van der Waals surface area contributed by atoms with Crippen LogP contribution in [-0.4, -0.2) is 28.2 Å². The molecule has 0 aliphatic heterocycles. The van der Waals surface area contributed by atoms with E-state index in [9.17, 15) is 4.79 Å². The summed E-state index contributed by atoms with van der Waals surface area (Å²) >= 11 is 0. The van der Waals surface area contributed by atoms with Crippen molar-refractivity contribution in [3.05, 3.63) is 66.5 Å². The molecule has 6 nitrogen and oxygen atoms in total. The van der Waals surface area contributed by atoms with Crippen molar-refractivity contribution in [2.45, 2.75) is 0 Å². The van der Waals surface area contributed by atoms with Crippen LogP contribution in [0, 0.1) is 0 Å². The normalized spacial score (nSPS) is 10.8. The molecule has 0 radical (unpaired) electrons. The SMILES string of the molecule is COc1cccc(-c2cc(C(=O)Nc3ccc4[nH]ccc4c3)[nH]n2)c1. The summed E-state index contributed by atoms with van der Waals surface area (Å²) in [6.07, 6.45) is 1.87. The maximum atomic E-state index is 12.4. The number of rotatable bonds is 4. The highest BCUT2D eigenvalue weighted by Gasteiger charge is 2.12. The minimum atomic E-state index is -0.239. The Kier molecular flexibility index (Phi) is 3.70. The fraction of sp³-hybridized carbons (Fsp3) is 0.0526. The van der Waals surface area contributed by atoms with Crippen molar-refractivity contribution in [1.82, 2.24) is 15.2 Å². The molecule has 25 heavy (non-hydrogen) atoms. The summed E-state index contributed by atoms with van der Waals surface area (Å²) in [7, 11) is 1.61. The fourth-order valence-corrected chi connectivity index (χ4v) is 2.70. The van der Waals surface area contributed by atoms with Crippen LogP contribution in [0.2, 0.25) is 0 Å². The number of anilines is 1. The van der Waals surface area contributed by atoms with Crippen LogP contribution in [0.5, 0.6) is 5.75 Å². The van der Waals surface area contributed by atoms with E-state index >= 15 is 0 Å². The largest absolute Gasteiger partial charge is 0.497 e. The first-order valence-corrected chi connectivity index (χ1v) is 7.81. The summed E-state index contributed by atoms with van der Waals surface area (Å²) in [5.74, 6) is 0.503. The van der Waals surface area contributed by atoms with Crippen LogP contribution >= 0.6 is 0 Å². The number of benzene rings is 2. The van der Waals surface area contributed by atoms with E-state index in [0.29, 0.717) is 11.4 Å². The van der Waals surface area contributed by atoms with Crippen molar-refractivity contribution in [2.24, 2.45) is 0 Å². The lowest BCUT2D eigenvalue weighted by Crippen LogP contribution is -2.12. The lowest BCUT2D eigenvalue weighted by atomic mass is 10.1. The maximum absolute atomic E-state index is 12.4. The van der Waals surface area contributed by atoms with E-state index in [0.717, 1.165) is 27.9 Å². The molecular weight excluding hydrogens is 316 g/mol. The van der Waals surface area contributed by atoms with Crippen molar-refractivity contribution in [3.8, 4) is 17.0 Å². The van der Waals surface area contributed by atoms with Gasteiger partial charge in [-0.15, -0.1) is 0 Å². The Morgan fingerprint density at radius 3 is 2.92 bits per heavy atom. The Bertz CT molecular complexity index is 1050. The maximum Gasteiger partial charge on any atom is 0.273 e. The molecular formula is C19H16N4O2. The third-order valence-electron chi connectivity index (χ3n) is 4.00. The van der Waals surface area contributed by atoms with Crippen LogP contribution in [0.1, 0.15) is 10.5 Å². The standard InChI is InChI=1S/C19H16N4O2/c1-25-15-4-2-3-12(10-15)17-11-18(23-22-17)19(24)21-14-5-6-16-13(9-14)7-8-20-16/h2-11,20H,1H3,(H,21,24)(H,22,23). The van der Waals surface area contributed by atoms with Crippen molar-refractivity contribution >= 4 is 22.5 Å². The first kappa shape index (κ1) is 15.0. The highest BCUT2D eigenvalue weighted by molar-refractivity contribution is 6.04. The number of hydrogen-bond donors (Lipinski definition) is 3. The number of aromatic nitrogens is 3. The molecule has 2 aromatic heterocycles. The van der Waals surface area contributed by atoms with Crippen LogP contribution in [0.4, 0.5) is 5.69 Å². The minimum absolute atomic E-state index is 0.239. The summed E-state index contributed by atoms with van der Waals surface area (Å²) in [6.45, 7) is 0. The highest BCUT2D eigenvalue weighted by atomic mass is 16.5. The molecule has 0 saturated carbocycles. The topological polar surface area (TPSA) is 82.8 Å². The molecule has 1 amide bonds. The molecule has 0 saturated heterocycles. The van der Waals surface area contributed by atoms with Crippen molar-refractivity contribution in [3.63, 3.8) is 0 Å². The molecule has 4 aromatic rings. The Labute approximate surface area is 143 Å². The summed E-state index contributed by atoms with van der Waals surface area (Å²) in [4.78, 5) is 15.6. The quantitative estimate of drug-likeness (QED) is 0.531. The average Bonchev–Trinajstić information content (AvgIpc) is 3.31. The van der Waals surface area contributed by atoms with Crippen molar-refractivity contribution in [1.29, 1.82) is 0 Å². The molecule has 0 fully saturated rings. The lowest BCUT2D eigenvalue weighted by molar-refractivity contribution is 0.102. The van der Waals surface area contributed by atoms with E-state index in [1.807, 2.05) is 54.7 Å². The molecule has 0 spiro atoms. The fourth-order valence-electron chi connectivity index (χ4n) is 2.70. The predicted molar refractivity (Wildman–Crippen MR) is 96.8 cm³/mol. The van der Waals surface area contributed by atoms with Gasteiger partial charge in [0.15, 0.2) is 0 Å². The number of amides is 1. The number of carbonyl (C=O) groups excluding carboxylic acids is 1. The molecule has 0 aliphatic rings. The molecule has 0 aliphatic carbocycles. The molecule has 124 valence electrons. The molecule has 3 N–H and O–H groups in total. The second-order valence-corrected chi connectivity index (χ2v) is 5.63. The van der Waals surface area contributed by atoms with E-state index in [1.54, 1.807) is 13.2 Å². The molecule has 0 atom stereocenters. The van der Waals surface area contributed by atoms with Gasteiger partial charge in [0, 0.05) is 28.4 Å². The predicted octanol–water partition coefficient (Wildman–Crippen LogP) is 3.82. The smallest absolute Gasteiger partial charge is 0.273 e. The van der Waals surface area contributed by atoms with Gasteiger partial charge in [-0.25, -0.2) is 0 Å². The molecule has 2 aromatic carbocycles. The van der Waals surface area contributed by atoms with Gasteiger partial charge in [0.2, 0.25) is 0 Å². The number of nitrogens with one attached hydrogen (secondary N) is 3. The Hall–Kier alpha value is -3.54. The Morgan fingerprint density at radius 1 is 1.12 bits per heavy atom. The van der Waals surface area contributed by atoms with Crippen molar-refractivity contribution < 1.29 is 9.53 Å². The first-order chi connectivity index (χ1) is 12.2. The van der Waals surface area contributed by atoms with Gasteiger partial charge < -0.3 is 15.0 Å². The van der Waals surface area contributed by atoms with E-state index in [4.69, 9.17) is 4.74 Å². The zero-order valence-corrected chi connectivity index (χ0v) is 13.5. The van der Waals surface area contributed by atoms with E-state index in [1.165, 1.54) is 0 Å². The number of ether oxygens (including phenoxy) is 1. The van der Waals surface area contributed by atoms with Gasteiger partial charge in [0.05, 0.1) is 12.8 Å². The third kappa shape index (κ3) is 2.97. The van der Waals surface area contributed by atoms with Crippen LogP contribution in [0.3, 0.4) is 0 Å². The zero-order chi connectivity index (χ0) is 17.2. The van der Waals surface area contributed by atoms with Gasteiger partial charge >= 0.3 is 0 Å². The summed E-state index contributed by atoms with van der Waals surface area (Å²) in [6, 6.07) is 16.9. The molecule has 0 unspecified atom stereocenters. The summed E-state index contributed by atoms with van der Waals surface area (Å²) < 4.78 is 5.22. The number of nitrogens with zero attached hydrogens (tertiary/aromatic N) is 1. The van der Waals surface area contributed by atoms with Crippen LogP contribution in [0.15, 0.2) is 60.8 Å². The number of hydrogen-bond acceptors (Lipinski definition) is 3. The first-order valence-electron chi connectivity index (χ1n) is 7.81. The average molecular weight is 332 g/mol. The van der Waals surface area contributed by atoms with Crippen molar-refractivity contribution in [2.75, 3.05) is 12.4 Å². The van der Waals surface area contributed by atoms with Crippen LogP contribution in [-0.2, 0) is 0 Å². The van der Waals surface area contributed by atoms with Gasteiger partial charge in [-0.1, -0.05) is 12.1 Å². The van der Waals surface area contributed by atoms with E-state index < -0.39 is 0 Å². The highest BCUT2D eigenvalue weighted by Crippen LogP contribution is 2.23. The number of H-pyrrole nitrogens is 2. The third-order valence-corrected chi connectivity index (χ3v) is 4.00. The van der Waals surface area contributed by atoms with Gasteiger partial charge in [-0.3, -0.25) is 9.89 Å². The van der Waals surface area contributed by atoms with Gasteiger partial charge in [0.25, 0.3) is 5.91 Å². The number of fused-ring (bicyclic) bond motifs is 1. The Balaban J connectivity index is 1.55. The molecule has 2 heterocycles.